The Bertz CT molecular complexity index is 969. The molecule has 2 aromatic heterocycles. The summed E-state index contributed by atoms with van der Waals surface area (Å²) >= 11 is 0. The van der Waals surface area contributed by atoms with Gasteiger partial charge in [0.2, 0.25) is 0 Å². The van der Waals surface area contributed by atoms with Crippen LogP contribution in [-0.2, 0) is 0 Å². The van der Waals surface area contributed by atoms with Crippen LogP contribution in [0.3, 0.4) is 0 Å². The lowest BCUT2D eigenvalue weighted by Crippen LogP contribution is -2.17. The molecule has 0 bridgehead atoms. The van der Waals surface area contributed by atoms with Gasteiger partial charge in [-0.05, 0) is 31.9 Å². The zero-order valence-electron chi connectivity index (χ0n) is 14.5. The van der Waals surface area contributed by atoms with Gasteiger partial charge >= 0.3 is 0 Å². The number of amides is 1. The maximum atomic E-state index is 13.5. The van der Waals surface area contributed by atoms with Crippen LogP contribution in [0, 0.1) is 18.6 Å². The molecule has 0 spiro atoms. The number of aromatic nitrogens is 3. The van der Waals surface area contributed by atoms with E-state index in [2.05, 4.69) is 15.4 Å². The lowest BCUT2D eigenvalue weighted by molar-refractivity contribution is 0.102. The van der Waals surface area contributed by atoms with Gasteiger partial charge in [-0.15, -0.1) is 0 Å². The number of carbonyl (C=O) groups is 1. The van der Waals surface area contributed by atoms with Gasteiger partial charge in [0.25, 0.3) is 5.91 Å². The first-order valence-corrected chi connectivity index (χ1v) is 8.86. The van der Waals surface area contributed by atoms with Crippen molar-refractivity contribution in [3.8, 4) is 0 Å². The van der Waals surface area contributed by atoms with Gasteiger partial charge in [-0.25, -0.2) is 8.78 Å². The van der Waals surface area contributed by atoms with E-state index < -0.39 is 11.6 Å². The number of carbonyl (C=O) groups excluding carboxylic acids is 1. The van der Waals surface area contributed by atoms with E-state index in [4.69, 9.17) is 0 Å². The van der Waals surface area contributed by atoms with Crippen LogP contribution in [-0.4, -0.2) is 20.7 Å². The van der Waals surface area contributed by atoms with Crippen LogP contribution in [0.1, 0.15) is 54.3 Å². The number of benzene rings is 1. The summed E-state index contributed by atoms with van der Waals surface area (Å²) in [6.07, 6.45) is 7.30. The van der Waals surface area contributed by atoms with Crippen molar-refractivity contribution in [1.29, 1.82) is 0 Å². The highest BCUT2D eigenvalue weighted by Gasteiger charge is 2.21. The Labute approximate surface area is 149 Å². The first kappa shape index (κ1) is 16.8. The van der Waals surface area contributed by atoms with Gasteiger partial charge in [0, 0.05) is 23.3 Å². The summed E-state index contributed by atoms with van der Waals surface area (Å²) < 4.78 is 28.8. The molecule has 1 fully saturated rings. The van der Waals surface area contributed by atoms with Crippen LogP contribution < -0.4 is 5.32 Å². The van der Waals surface area contributed by atoms with Crippen molar-refractivity contribution in [1.82, 2.24) is 14.8 Å². The quantitative estimate of drug-likeness (QED) is 0.712. The second kappa shape index (κ2) is 6.55. The summed E-state index contributed by atoms with van der Waals surface area (Å²) in [5, 5.41) is 7.64. The van der Waals surface area contributed by atoms with Crippen molar-refractivity contribution in [2.24, 2.45) is 0 Å². The fourth-order valence-electron chi connectivity index (χ4n) is 3.70. The minimum Gasteiger partial charge on any atom is -0.359 e. The lowest BCUT2D eigenvalue weighted by atomic mass is 9.95. The van der Waals surface area contributed by atoms with E-state index in [0.717, 1.165) is 30.7 Å². The van der Waals surface area contributed by atoms with E-state index >= 15 is 0 Å². The molecule has 0 saturated heterocycles. The Morgan fingerprint density at radius 3 is 2.69 bits per heavy atom. The molecule has 136 valence electrons. The molecule has 26 heavy (non-hydrogen) atoms. The highest BCUT2D eigenvalue weighted by atomic mass is 19.2. The number of halogens is 2. The highest BCUT2D eigenvalue weighted by molar-refractivity contribution is 6.08. The molecule has 0 atom stereocenters. The van der Waals surface area contributed by atoms with Crippen LogP contribution in [0.2, 0.25) is 0 Å². The number of anilines is 1. The van der Waals surface area contributed by atoms with Crippen LogP contribution in [0.5, 0.6) is 0 Å². The second-order valence-corrected chi connectivity index (χ2v) is 6.88. The number of fused-ring (bicyclic) bond motifs is 1. The van der Waals surface area contributed by atoms with Crippen molar-refractivity contribution >= 4 is 22.5 Å². The fraction of sp³-hybridized carbons (Fsp3) is 0.368. The molecule has 5 nitrogen and oxygen atoms in total. The van der Waals surface area contributed by atoms with Gasteiger partial charge in [0.15, 0.2) is 17.3 Å². The van der Waals surface area contributed by atoms with Crippen LogP contribution >= 0.6 is 0 Å². The lowest BCUT2D eigenvalue weighted by Gasteiger charge is -2.23. The van der Waals surface area contributed by atoms with Crippen LogP contribution in [0.4, 0.5) is 14.5 Å². The third-order valence-electron chi connectivity index (χ3n) is 5.05. The zero-order valence-corrected chi connectivity index (χ0v) is 14.5. The molecule has 0 radical (unpaired) electrons. The van der Waals surface area contributed by atoms with E-state index in [1.165, 1.54) is 25.5 Å². The Morgan fingerprint density at radius 2 is 1.92 bits per heavy atom. The van der Waals surface area contributed by atoms with Gasteiger partial charge in [-0.1, -0.05) is 19.3 Å². The van der Waals surface area contributed by atoms with E-state index in [0.29, 0.717) is 28.3 Å². The molecule has 0 aliphatic heterocycles. The molecule has 4 rings (SSSR count). The van der Waals surface area contributed by atoms with Crippen molar-refractivity contribution in [3.63, 3.8) is 0 Å². The van der Waals surface area contributed by atoms with Gasteiger partial charge in [0.1, 0.15) is 0 Å². The van der Waals surface area contributed by atoms with Crippen LogP contribution in [0.15, 0.2) is 24.4 Å². The zero-order chi connectivity index (χ0) is 18.3. The Balaban J connectivity index is 1.58. The largest absolute Gasteiger partial charge is 0.359 e. The smallest absolute Gasteiger partial charge is 0.276 e. The number of nitrogens with zero attached hydrogens (tertiary/aromatic N) is 2. The number of aryl methyl sites for hydroxylation is 1. The summed E-state index contributed by atoms with van der Waals surface area (Å²) in [5.74, 6) is -2.25. The van der Waals surface area contributed by atoms with Crippen LogP contribution in [0.25, 0.3) is 10.9 Å². The van der Waals surface area contributed by atoms with Crippen molar-refractivity contribution in [2.75, 3.05) is 5.32 Å². The monoisotopic (exact) mass is 358 g/mol. The molecule has 0 unspecified atom stereocenters. The summed E-state index contributed by atoms with van der Waals surface area (Å²) in [6, 6.07) is 4.25. The van der Waals surface area contributed by atoms with E-state index in [-0.39, 0.29) is 5.91 Å². The maximum absolute atomic E-state index is 13.5. The predicted octanol–water partition coefficient (Wildman–Crippen LogP) is 4.71. The standard InChI is InChI=1S/C19H20F2N4O/c1-11-7-17(24-25(11)12-5-3-2-4-6-12)19(26)23-18-10-22-16-9-15(21)14(20)8-13(16)18/h7-10,12,22H,2-6H2,1H3,(H,23,26). The number of H-pyrrole nitrogens is 1. The van der Waals surface area contributed by atoms with E-state index in [1.54, 1.807) is 6.07 Å². The fourth-order valence-corrected chi connectivity index (χ4v) is 3.70. The summed E-state index contributed by atoms with van der Waals surface area (Å²) in [6.45, 7) is 1.95. The van der Waals surface area contributed by atoms with Gasteiger partial charge < -0.3 is 10.3 Å². The molecule has 7 heteroatoms. The molecule has 1 aliphatic carbocycles. The SMILES string of the molecule is Cc1cc(C(=O)Nc2c[nH]c3cc(F)c(F)cc23)nn1C1CCCCC1. The summed E-state index contributed by atoms with van der Waals surface area (Å²) in [5.41, 5.74) is 2.09. The summed E-state index contributed by atoms with van der Waals surface area (Å²) in [4.78, 5) is 15.4. The average molecular weight is 358 g/mol. The summed E-state index contributed by atoms with van der Waals surface area (Å²) in [7, 11) is 0. The third-order valence-corrected chi connectivity index (χ3v) is 5.05. The predicted molar refractivity (Wildman–Crippen MR) is 95.3 cm³/mol. The molecule has 2 heterocycles. The molecule has 1 saturated carbocycles. The normalized spacial score (nSPS) is 15.5. The maximum Gasteiger partial charge on any atom is 0.276 e. The van der Waals surface area contributed by atoms with Crippen molar-refractivity contribution < 1.29 is 13.6 Å². The molecular weight excluding hydrogens is 338 g/mol. The van der Waals surface area contributed by atoms with Crippen molar-refractivity contribution in [2.45, 2.75) is 45.1 Å². The molecule has 2 N–H and O–H groups in total. The van der Waals surface area contributed by atoms with Gasteiger partial charge in [-0.3, -0.25) is 9.48 Å². The van der Waals surface area contributed by atoms with Gasteiger partial charge in [-0.2, -0.15) is 5.10 Å². The number of hydrogen-bond acceptors (Lipinski definition) is 2. The molecule has 3 aromatic rings. The van der Waals surface area contributed by atoms with Gasteiger partial charge in [0.05, 0.1) is 17.2 Å². The average Bonchev–Trinajstić information content (AvgIpc) is 3.20. The number of nitrogens with one attached hydrogen (secondary N) is 2. The minimum absolute atomic E-state index is 0.324. The van der Waals surface area contributed by atoms with E-state index in [9.17, 15) is 13.6 Å². The Morgan fingerprint density at radius 1 is 1.19 bits per heavy atom. The third kappa shape index (κ3) is 2.98. The number of hydrogen-bond donors (Lipinski definition) is 2. The highest BCUT2D eigenvalue weighted by Crippen LogP contribution is 2.29. The minimum atomic E-state index is -0.954. The first-order valence-electron chi connectivity index (χ1n) is 8.86. The van der Waals surface area contributed by atoms with E-state index in [1.807, 2.05) is 11.6 Å². The second-order valence-electron chi connectivity index (χ2n) is 6.88. The molecule has 1 amide bonds. The Kier molecular flexibility index (Phi) is 4.22. The van der Waals surface area contributed by atoms with Crippen molar-refractivity contribution in [3.05, 3.63) is 47.4 Å². The first-order chi connectivity index (χ1) is 12.5. The molecule has 1 aromatic carbocycles. The number of aromatic amines is 1. The topological polar surface area (TPSA) is 62.7 Å². The number of rotatable bonds is 3. The molecule has 1 aliphatic rings. The molecular formula is C19H20F2N4O. The Hall–Kier alpha value is -2.70.